The van der Waals surface area contributed by atoms with Crippen molar-refractivity contribution in [3.05, 3.63) is 41.7 Å². The molecule has 1 aromatic heterocycles. The summed E-state index contributed by atoms with van der Waals surface area (Å²) >= 11 is 0. The van der Waals surface area contributed by atoms with Crippen molar-refractivity contribution in [2.75, 3.05) is 20.2 Å². The number of nitrogens with zero attached hydrogens (tertiary/aromatic N) is 4. The van der Waals surface area contributed by atoms with Gasteiger partial charge in [0, 0.05) is 25.7 Å². The van der Waals surface area contributed by atoms with Gasteiger partial charge in [-0.25, -0.2) is 4.68 Å². The summed E-state index contributed by atoms with van der Waals surface area (Å²) in [4.78, 5) is 25.3. The van der Waals surface area contributed by atoms with Crippen LogP contribution in [-0.2, 0) is 17.9 Å². The fourth-order valence-corrected chi connectivity index (χ4v) is 2.84. The van der Waals surface area contributed by atoms with Crippen LogP contribution in [0.1, 0.15) is 22.5 Å². The maximum atomic E-state index is 12.1. The number of benzene rings is 1. The molecule has 26 heavy (non-hydrogen) atoms. The molecule has 0 saturated carbocycles. The number of methoxy groups -OCH3 is 1. The fourth-order valence-electron chi connectivity index (χ4n) is 2.84. The number of ether oxygens (including phenoxy) is 1. The molecule has 3 rings (SSSR count). The largest absolute Gasteiger partial charge is 0.497 e. The van der Waals surface area contributed by atoms with Crippen molar-refractivity contribution in [3.8, 4) is 5.75 Å². The Hall–Kier alpha value is -2.94. The molecular weight excluding hydrogens is 336 g/mol. The number of hydrogen-bond acceptors (Lipinski definition) is 6. The monoisotopic (exact) mass is 358 g/mol. The maximum absolute atomic E-state index is 12.1. The zero-order chi connectivity index (χ0) is 18.5. The fraction of sp³-hybridized carbons (Fsp3) is 0.412. The number of nitrogens with one attached hydrogen (secondary N) is 1. The molecule has 1 atom stereocenters. The van der Waals surface area contributed by atoms with Gasteiger partial charge in [-0.05, 0) is 24.1 Å². The molecule has 138 valence electrons. The summed E-state index contributed by atoms with van der Waals surface area (Å²) in [6.45, 7) is 2.27. The highest BCUT2D eigenvalue weighted by atomic mass is 16.5. The first-order valence-corrected chi connectivity index (χ1v) is 8.39. The number of carbonyl (C=O) groups excluding carboxylic acids is 2. The summed E-state index contributed by atoms with van der Waals surface area (Å²) in [5.74, 6) is -0.00641. The molecule has 0 radical (unpaired) electrons. The van der Waals surface area contributed by atoms with E-state index in [1.165, 1.54) is 16.4 Å². The predicted molar refractivity (Wildman–Crippen MR) is 93.4 cm³/mol. The lowest BCUT2D eigenvalue weighted by molar-refractivity contribution is -0.118. The topological polar surface area (TPSA) is 115 Å². The van der Waals surface area contributed by atoms with Crippen LogP contribution in [0.3, 0.4) is 0 Å². The number of nitrogens with two attached hydrogens (primary N) is 1. The normalized spacial score (nSPS) is 16.7. The Bertz CT molecular complexity index is 773. The van der Waals surface area contributed by atoms with E-state index < -0.39 is 5.91 Å². The Morgan fingerprint density at radius 2 is 2.12 bits per heavy atom. The molecule has 1 aliphatic heterocycles. The molecule has 1 aliphatic rings. The highest BCUT2D eigenvalue weighted by molar-refractivity contribution is 5.91. The van der Waals surface area contributed by atoms with E-state index in [1.54, 1.807) is 7.11 Å². The molecule has 0 bridgehead atoms. The van der Waals surface area contributed by atoms with Gasteiger partial charge in [0.05, 0.1) is 13.3 Å². The van der Waals surface area contributed by atoms with E-state index in [2.05, 4.69) is 20.5 Å². The third-order valence-corrected chi connectivity index (χ3v) is 4.40. The molecule has 2 heterocycles. The van der Waals surface area contributed by atoms with Crippen LogP contribution in [0.15, 0.2) is 30.5 Å². The van der Waals surface area contributed by atoms with Crippen molar-refractivity contribution < 1.29 is 14.3 Å². The van der Waals surface area contributed by atoms with Crippen LogP contribution < -0.4 is 15.8 Å². The second kappa shape index (κ2) is 7.96. The van der Waals surface area contributed by atoms with Crippen LogP contribution in [0.4, 0.5) is 0 Å². The third kappa shape index (κ3) is 4.37. The Kier molecular flexibility index (Phi) is 5.47. The number of primary amides is 1. The molecule has 3 N–H and O–H groups in total. The van der Waals surface area contributed by atoms with Crippen LogP contribution in [0.5, 0.6) is 5.75 Å². The summed E-state index contributed by atoms with van der Waals surface area (Å²) < 4.78 is 6.41. The van der Waals surface area contributed by atoms with Crippen molar-refractivity contribution >= 4 is 11.8 Å². The van der Waals surface area contributed by atoms with Gasteiger partial charge in [-0.1, -0.05) is 17.3 Å². The molecule has 2 aromatic rings. The highest BCUT2D eigenvalue weighted by Crippen LogP contribution is 2.21. The molecule has 1 saturated heterocycles. The van der Waals surface area contributed by atoms with Gasteiger partial charge < -0.3 is 15.8 Å². The lowest BCUT2D eigenvalue weighted by atomic mass is 10.0. The van der Waals surface area contributed by atoms with Crippen molar-refractivity contribution in [2.24, 2.45) is 5.73 Å². The minimum Gasteiger partial charge on any atom is -0.497 e. The minimum absolute atomic E-state index is 0.0987. The Balaban J connectivity index is 1.47. The zero-order valence-corrected chi connectivity index (χ0v) is 14.6. The SMILES string of the molecule is COc1ccc(CN2CCC2CNC(=O)c2cn(CC(N)=O)nn2)cc1. The number of aromatic nitrogens is 3. The quantitative estimate of drug-likeness (QED) is 0.674. The predicted octanol–water partition coefficient (Wildman–Crippen LogP) is -0.224. The van der Waals surface area contributed by atoms with Gasteiger partial charge in [-0.2, -0.15) is 0 Å². The molecule has 0 spiro atoms. The van der Waals surface area contributed by atoms with Crippen molar-refractivity contribution in [1.29, 1.82) is 0 Å². The summed E-state index contributed by atoms with van der Waals surface area (Å²) in [5.41, 5.74) is 6.47. The molecule has 1 unspecified atom stereocenters. The van der Waals surface area contributed by atoms with E-state index in [0.717, 1.165) is 25.3 Å². The standard InChI is InChI=1S/C17H22N6O3/c1-26-14-4-2-12(3-5-14)9-22-7-6-13(22)8-19-17(25)15-10-23(21-20-15)11-16(18)24/h2-5,10,13H,6-9,11H2,1H3,(H2,18,24)(H,19,25). The van der Waals surface area contributed by atoms with E-state index in [4.69, 9.17) is 10.5 Å². The molecule has 1 fully saturated rings. The van der Waals surface area contributed by atoms with Crippen LogP contribution >= 0.6 is 0 Å². The van der Waals surface area contributed by atoms with Crippen LogP contribution in [-0.4, -0.2) is 57.9 Å². The first-order valence-electron chi connectivity index (χ1n) is 8.39. The number of amides is 2. The van der Waals surface area contributed by atoms with Gasteiger partial charge in [0.2, 0.25) is 5.91 Å². The van der Waals surface area contributed by atoms with Crippen molar-refractivity contribution in [3.63, 3.8) is 0 Å². The van der Waals surface area contributed by atoms with E-state index in [9.17, 15) is 9.59 Å². The van der Waals surface area contributed by atoms with Crippen molar-refractivity contribution in [2.45, 2.75) is 25.6 Å². The number of carbonyl (C=O) groups is 2. The van der Waals surface area contributed by atoms with Gasteiger partial charge in [0.15, 0.2) is 5.69 Å². The van der Waals surface area contributed by atoms with Gasteiger partial charge in [-0.15, -0.1) is 5.10 Å². The zero-order valence-electron chi connectivity index (χ0n) is 14.6. The molecule has 9 heteroatoms. The van der Waals surface area contributed by atoms with Crippen molar-refractivity contribution in [1.82, 2.24) is 25.2 Å². The van der Waals surface area contributed by atoms with Crippen LogP contribution in [0, 0.1) is 0 Å². The second-order valence-corrected chi connectivity index (χ2v) is 6.24. The first kappa shape index (κ1) is 17.9. The summed E-state index contributed by atoms with van der Waals surface area (Å²) in [6.07, 6.45) is 2.45. The van der Waals surface area contributed by atoms with E-state index in [-0.39, 0.29) is 18.1 Å². The second-order valence-electron chi connectivity index (χ2n) is 6.24. The summed E-state index contributed by atoms with van der Waals surface area (Å²) in [7, 11) is 1.65. The average molecular weight is 358 g/mol. The molecule has 2 amide bonds. The number of likely N-dealkylation sites (tertiary alicyclic amines) is 1. The van der Waals surface area contributed by atoms with E-state index in [0.29, 0.717) is 12.6 Å². The summed E-state index contributed by atoms with van der Waals surface area (Å²) in [6, 6.07) is 8.28. The van der Waals surface area contributed by atoms with Gasteiger partial charge in [0.25, 0.3) is 5.91 Å². The molecule has 9 nitrogen and oxygen atoms in total. The van der Waals surface area contributed by atoms with Gasteiger partial charge >= 0.3 is 0 Å². The lowest BCUT2D eigenvalue weighted by Gasteiger charge is -2.41. The van der Waals surface area contributed by atoms with E-state index >= 15 is 0 Å². The van der Waals surface area contributed by atoms with Gasteiger partial charge in [0.1, 0.15) is 12.3 Å². The number of hydrogen-bond donors (Lipinski definition) is 2. The number of rotatable bonds is 8. The highest BCUT2D eigenvalue weighted by Gasteiger charge is 2.28. The van der Waals surface area contributed by atoms with Gasteiger partial charge in [-0.3, -0.25) is 14.5 Å². The summed E-state index contributed by atoms with van der Waals surface area (Å²) in [5, 5.41) is 10.3. The molecule has 1 aromatic carbocycles. The Labute approximate surface area is 151 Å². The van der Waals surface area contributed by atoms with Crippen LogP contribution in [0.25, 0.3) is 0 Å². The average Bonchev–Trinajstić information content (AvgIpc) is 3.07. The lowest BCUT2D eigenvalue weighted by Crippen LogP contribution is -2.52. The maximum Gasteiger partial charge on any atom is 0.273 e. The van der Waals surface area contributed by atoms with Crippen LogP contribution in [0.2, 0.25) is 0 Å². The Morgan fingerprint density at radius 3 is 2.73 bits per heavy atom. The first-order chi connectivity index (χ1) is 12.5. The minimum atomic E-state index is -0.537. The Morgan fingerprint density at radius 1 is 1.35 bits per heavy atom. The smallest absolute Gasteiger partial charge is 0.273 e. The molecular formula is C17H22N6O3. The third-order valence-electron chi connectivity index (χ3n) is 4.40. The molecule has 0 aliphatic carbocycles. The van der Waals surface area contributed by atoms with E-state index in [1.807, 2.05) is 24.3 Å².